The maximum absolute atomic E-state index is 14.1. The van der Waals surface area contributed by atoms with Gasteiger partial charge in [-0.1, -0.05) is 18.2 Å². The predicted octanol–water partition coefficient (Wildman–Crippen LogP) is 5.26. The van der Waals surface area contributed by atoms with Crippen molar-refractivity contribution >= 4 is 17.2 Å². The van der Waals surface area contributed by atoms with Crippen LogP contribution in [0.2, 0.25) is 0 Å². The molecule has 3 N–H and O–H groups in total. The Labute approximate surface area is 194 Å². The Hall–Kier alpha value is -3.46. The van der Waals surface area contributed by atoms with Crippen LogP contribution in [0.25, 0.3) is 17.1 Å². The zero-order chi connectivity index (χ0) is 23.9. The van der Waals surface area contributed by atoms with Crippen molar-refractivity contribution in [1.82, 2.24) is 15.3 Å². The van der Waals surface area contributed by atoms with Crippen LogP contribution < -0.4 is 16.0 Å². The molecule has 0 spiro atoms. The Morgan fingerprint density at radius 2 is 1.76 bits per heavy atom. The lowest BCUT2D eigenvalue weighted by Crippen LogP contribution is -2.19. The van der Waals surface area contributed by atoms with Gasteiger partial charge in [-0.3, -0.25) is 0 Å². The van der Waals surface area contributed by atoms with Crippen molar-refractivity contribution in [2.24, 2.45) is 0 Å². The molecule has 2 aromatic carbocycles. The molecule has 1 aromatic heterocycles. The van der Waals surface area contributed by atoms with E-state index in [4.69, 9.17) is 0 Å². The van der Waals surface area contributed by atoms with Gasteiger partial charge in [-0.25, -0.2) is 14.4 Å². The first kappa shape index (κ1) is 22.3. The van der Waals surface area contributed by atoms with Crippen LogP contribution in [0.15, 0.2) is 48.0 Å². The second-order valence-corrected chi connectivity index (χ2v) is 8.44. The number of hydrogen-bond acceptors (Lipinski definition) is 5. The lowest BCUT2D eigenvalue weighted by molar-refractivity contribution is -0.137. The van der Waals surface area contributed by atoms with Crippen LogP contribution in [0.4, 0.5) is 29.1 Å². The Morgan fingerprint density at radius 3 is 2.59 bits per heavy atom. The highest BCUT2D eigenvalue weighted by Gasteiger charge is 2.34. The van der Waals surface area contributed by atoms with Crippen molar-refractivity contribution in [1.29, 1.82) is 0 Å². The van der Waals surface area contributed by atoms with Crippen LogP contribution in [-0.2, 0) is 19.0 Å². The monoisotopic (exact) mass is 469 g/mol. The summed E-state index contributed by atoms with van der Waals surface area (Å²) in [7, 11) is 0. The number of rotatable bonds is 3. The molecular weight excluding hydrogens is 446 g/mol. The minimum Gasteiger partial charge on any atom is -0.381 e. The molecule has 0 unspecified atom stereocenters. The van der Waals surface area contributed by atoms with E-state index in [9.17, 15) is 17.6 Å². The first-order valence-electron chi connectivity index (χ1n) is 11.1. The van der Waals surface area contributed by atoms with E-state index in [0.717, 1.165) is 22.9 Å². The first-order chi connectivity index (χ1) is 16.3. The number of halogens is 4. The van der Waals surface area contributed by atoms with Crippen molar-refractivity contribution in [2.75, 3.05) is 30.3 Å². The summed E-state index contributed by atoms with van der Waals surface area (Å²) in [6.07, 6.45) is -3.34. The SMILES string of the molecule is CC1=C(Nc2nc(-c3ccccc3C(F)(F)F)nc3c2CCNCC3)c2cc(F)ccc2NC1. The van der Waals surface area contributed by atoms with E-state index < -0.39 is 11.7 Å². The van der Waals surface area contributed by atoms with Gasteiger partial charge in [-0.05, 0) is 49.7 Å². The summed E-state index contributed by atoms with van der Waals surface area (Å²) in [4.78, 5) is 9.17. The van der Waals surface area contributed by atoms with Crippen molar-refractivity contribution < 1.29 is 17.6 Å². The highest BCUT2D eigenvalue weighted by molar-refractivity contribution is 5.88. The maximum Gasteiger partial charge on any atom is 0.417 e. The van der Waals surface area contributed by atoms with E-state index in [1.807, 2.05) is 6.92 Å². The van der Waals surface area contributed by atoms with Crippen LogP contribution in [-0.4, -0.2) is 29.6 Å². The largest absolute Gasteiger partial charge is 0.417 e. The van der Waals surface area contributed by atoms with Crippen LogP contribution in [0.1, 0.15) is 29.3 Å². The zero-order valence-electron chi connectivity index (χ0n) is 18.5. The van der Waals surface area contributed by atoms with Gasteiger partial charge in [-0.15, -0.1) is 0 Å². The van der Waals surface area contributed by atoms with Gasteiger partial charge in [0.25, 0.3) is 0 Å². The van der Waals surface area contributed by atoms with Crippen molar-refractivity contribution in [2.45, 2.75) is 25.9 Å². The molecule has 9 heteroatoms. The summed E-state index contributed by atoms with van der Waals surface area (Å²) < 4.78 is 55.3. The Bertz CT molecular complexity index is 1280. The van der Waals surface area contributed by atoms with Gasteiger partial charge in [0.15, 0.2) is 5.82 Å². The van der Waals surface area contributed by atoms with Gasteiger partial charge in [0, 0.05) is 47.6 Å². The molecule has 0 radical (unpaired) electrons. The topological polar surface area (TPSA) is 61.9 Å². The van der Waals surface area contributed by atoms with Crippen LogP contribution in [0.5, 0.6) is 0 Å². The molecule has 0 amide bonds. The smallest absolute Gasteiger partial charge is 0.381 e. The quantitative estimate of drug-likeness (QED) is 0.457. The van der Waals surface area contributed by atoms with Crippen molar-refractivity contribution in [3.63, 3.8) is 0 Å². The molecule has 0 saturated carbocycles. The van der Waals surface area contributed by atoms with Crippen LogP contribution >= 0.6 is 0 Å². The number of nitrogens with one attached hydrogen (secondary N) is 3. The molecule has 176 valence electrons. The molecule has 0 atom stereocenters. The fraction of sp³-hybridized carbons (Fsp3) is 0.280. The third-order valence-electron chi connectivity index (χ3n) is 6.12. The molecule has 0 fully saturated rings. The van der Waals surface area contributed by atoms with Gasteiger partial charge in [0.2, 0.25) is 0 Å². The molecule has 0 bridgehead atoms. The van der Waals surface area contributed by atoms with E-state index in [2.05, 4.69) is 25.9 Å². The normalized spacial score (nSPS) is 15.8. The summed E-state index contributed by atoms with van der Waals surface area (Å²) in [5, 5.41) is 9.91. The third kappa shape index (κ3) is 4.23. The van der Waals surface area contributed by atoms with Gasteiger partial charge in [-0.2, -0.15) is 13.2 Å². The molecule has 0 saturated heterocycles. The number of nitrogens with zero attached hydrogens (tertiary/aromatic N) is 2. The molecular formula is C25H23F4N5. The number of benzene rings is 2. The summed E-state index contributed by atoms with van der Waals surface area (Å²) in [5.74, 6) is 0.0925. The van der Waals surface area contributed by atoms with E-state index in [1.165, 1.54) is 24.3 Å². The summed E-state index contributed by atoms with van der Waals surface area (Å²) >= 11 is 0. The number of alkyl halides is 3. The Kier molecular flexibility index (Phi) is 5.73. The summed E-state index contributed by atoms with van der Waals surface area (Å²) in [6.45, 7) is 3.85. The second kappa shape index (κ2) is 8.72. The van der Waals surface area contributed by atoms with E-state index in [0.29, 0.717) is 55.2 Å². The first-order valence-corrected chi connectivity index (χ1v) is 11.1. The molecule has 3 aromatic rings. The van der Waals surface area contributed by atoms with E-state index in [-0.39, 0.29) is 17.2 Å². The van der Waals surface area contributed by atoms with E-state index in [1.54, 1.807) is 12.1 Å². The fourth-order valence-corrected chi connectivity index (χ4v) is 4.41. The lowest BCUT2D eigenvalue weighted by atomic mass is 10.00. The number of hydrogen-bond donors (Lipinski definition) is 3. The molecule has 3 heterocycles. The lowest BCUT2D eigenvalue weighted by Gasteiger charge is -2.25. The Morgan fingerprint density at radius 1 is 0.971 bits per heavy atom. The fourth-order valence-electron chi connectivity index (χ4n) is 4.41. The van der Waals surface area contributed by atoms with E-state index >= 15 is 0 Å². The van der Waals surface area contributed by atoms with Crippen molar-refractivity contribution in [3.8, 4) is 11.4 Å². The van der Waals surface area contributed by atoms with Crippen molar-refractivity contribution in [3.05, 3.63) is 76.2 Å². The van der Waals surface area contributed by atoms with Crippen LogP contribution in [0.3, 0.4) is 0 Å². The highest BCUT2D eigenvalue weighted by Crippen LogP contribution is 2.38. The molecule has 2 aliphatic rings. The summed E-state index contributed by atoms with van der Waals surface area (Å²) in [5.41, 5.74) is 3.78. The minimum absolute atomic E-state index is 0.0164. The second-order valence-electron chi connectivity index (χ2n) is 8.44. The minimum atomic E-state index is -4.54. The summed E-state index contributed by atoms with van der Waals surface area (Å²) in [6, 6.07) is 9.84. The zero-order valence-corrected chi connectivity index (χ0v) is 18.5. The molecule has 2 aliphatic heterocycles. The highest BCUT2D eigenvalue weighted by atomic mass is 19.4. The standard InChI is InChI=1S/C25H23F4N5/c1-14-13-31-20-7-6-15(26)12-18(20)22(14)33-24-17-8-10-30-11-9-21(17)32-23(34-24)16-4-2-3-5-19(16)25(27,28)29/h2-7,12,30-31H,8-11,13H2,1H3,(H,32,33,34). The van der Waals surface area contributed by atoms with Gasteiger partial charge in [0.05, 0.1) is 11.3 Å². The average Bonchev–Trinajstić information content (AvgIpc) is 3.06. The van der Waals surface area contributed by atoms with Gasteiger partial charge < -0.3 is 16.0 Å². The average molecular weight is 469 g/mol. The number of aromatic nitrogens is 2. The third-order valence-corrected chi connectivity index (χ3v) is 6.12. The van der Waals surface area contributed by atoms with Gasteiger partial charge in [0.1, 0.15) is 11.6 Å². The molecule has 34 heavy (non-hydrogen) atoms. The predicted molar refractivity (Wildman–Crippen MR) is 124 cm³/mol. The number of anilines is 2. The Balaban J connectivity index is 1.66. The molecule has 0 aliphatic carbocycles. The molecule has 5 rings (SSSR count). The van der Waals surface area contributed by atoms with Crippen LogP contribution in [0, 0.1) is 5.82 Å². The van der Waals surface area contributed by atoms with Gasteiger partial charge >= 0.3 is 6.18 Å². The maximum atomic E-state index is 14.1. The number of fused-ring (bicyclic) bond motifs is 2. The molecule has 5 nitrogen and oxygen atoms in total.